The van der Waals surface area contributed by atoms with Crippen molar-refractivity contribution >= 4 is 16.7 Å². The highest BCUT2D eigenvalue weighted by molar-refractivity contribution is 5.86. The van der Waals surface area contributed by atoms with Crippen molar-refractivity contribution in [1.29, 1.82) is 0 Å². The third-order valence-corrected chi connectivity index (χ3v) is 4.44. The summed E-state index contributed by atoms with van der Waals surface area (Å²) in [7, 11) is 0. The largest absolute Gasteiger partial charge is 0.350 e. The van der Waals surface area contributed by atoms with E-state index in [2.05, 4.69) is 61.6 Å². The molecule has 0 aliphatic carbocycles. The SMILES string of the molecule is CC(C)CC1(Cc2cccc3ccccc23)CCC(=O)N1. The van der Waals surface area contributed by atoms with Gasteiger partial charge in [-0.15, -0.1) is 0 Å². The smallest absolute Gasteiger partial charge is 0.220 e. The molecule has 2 heteroatoms. The van der Waals surface area contributed by atoms with E-state index in [-0.39, 0.29) is 11.4 Å². The van der Waals surface area contributed by atoms with Crippen molar-refractivity contribution in [3.8, 4) is 0 Å². The Morgan fingerprint density at radius 1 is 1.14 bits per heavy atom. The second-order valence-electron chi connectivity index (χ2n) is 6.74. The summed E-state index contributed by atoms with van der Waals surface area (Å²) in [4.78, 5) is 11.8. The van der Waals surface area contributed by atoms with Crippen LogP contribution in [0.4, 0.5) is 0 Å². The van der Waals surface area contributed by atoms with Crippen LogP contribution in [0, 0.1) is 5.92 Å². The molecule has 1 amide bonds. The first-order valence-corrected chi connectivity index (χ1v) is 7.86. The van der Waals surface area contributed by atoms with E-state index in [1.807, 2.05) is 0 Å². The molecule has 1 N–H and O–H groups in total. The average Bonchev–Trinajstić information content (AvgIpc) is 2.79. The van der Waals surface area contributed by atoms with Crippen LogP contribution in [0.15, 0.2) is 42.5 Å². The minimum absolute atomic E-state index is 0.0601. The average molecular weight is 281 g/mol. The molecule has 3 rings (SSSR count). The van der Waals surface area contributed by atoms with Gasteiger partial charge in [-0.3, -0.25) is 4.79 Å². The number of hydrogen-bond donors (Lipinski definition) is 1. The summed E-state index contributed by atoms with van der Waals surface area (Å²) >= 11 is 0. The number of rotatable bonds is 4. The van der Waals surface area contributed by atoms with Crippen molar-refractivity contribution in [2.45, 2.75) is 45.1 Å². The van der Waals surface area contributed by atoms with Gasteiger partial charge in [0.05, 0.1) is 0 Å². The maximum atomic E-state index is 11.8. The molecule has 1 fully saturated rings. The van der Waals surface area contributed by atoms with E-state index in [0.717, 1.165) is 19.3 Å². The van der Waals surface area contributed by atoms with Crippen LogP contribution >= 0.6 is 0 Å². The van der Waals surface area contributed by atoms with Gasteiger partial charge in [0, 0.05) is 12.0 Å². The number of carbonyl (C=O) groups excluding carboxylic acids is 1. The van der Waals surface area contributed by atoms with Crippen molar-refractivity contribution in [3.05, 3.63) is 48.0 Å². The first-order chi connectivity index (χ1) is 10.1. The highest BCUT2D eigenvalue weighted by Gasteiger charge is 2.38. The Morgan fingerprint density at radius 3 is 2.62 bits per heavy atom. The van der Waals surface area contributed by atoms with E-state index >= 15 is 0 Å². The van der Waals surface area contributed by atoms with Crippen molar-refractivity contribution < 1.29 is 4.79 Å². The van der Waals surface area contributed by atoms with Gasteiger partial charge in [-0.2, -0.15) is 0 Å². The van der Waals surface area contributed by atoms with E-state index in [1.54, 1.807) is 0 Å². The van der Waals surface area contributed by atoms with Crippen LogP contribution in [0.2, 0.25) is 0 Å². The predicted octanol–water partition coefficient (Wildman–Crippen LogP) is 4.08. The number of nitrogens with one attached hydrogen (secondary N) is 1. The van der Waals surface area contributed by atoms with Gasteiger partial charge in [-0.05, 0) is 41.5 Å². The zero-order valence-corrected chi connectivity index (χ0v) is 12.9. The maximum absolute atomic E-state index is 11.8. The summed E-state index contributed by atoms with van der Waals surface area (Å²) in [5, 5.41) is 5.86. The zero-order chi connectivity index (χ0) is 14.9. The summed E-state index contributed by atoms with van der Waals surface area (Å²) in [6.07, 6.45) is 3.59. The quantitative estimate of drug-likeness (QED) is 0.899. The molecule has 0 spiro atoms. The molecule has 0 saturated carbocycles. The molecular weight excluding hydrogens is 258 g/mol. The summed E-state index contributed by atoms with van der Waals surface area (Å²) < 4.78 is 0. The molecule has 1 atom stereocenters. The monoisotopic (exact) mass is 281 g/mol. The normalized spacial score (nSPS) is 22.0. The van der Waals surface area contributed by atoms with Crippen molar-refractivity contribution in [3.63, 3.8) is 0 Å². The molecule has 0 radical (unpaired) electrons. The Bertz CT molecular complexity index is 656. The van der Waals surface area contributed by atoms with Crippen LogP contribution in [0.3, 0.4) is 0 Å². The third-order valence-electron chi connectivity index (χ3n) is 4.44. The maximum Gasteiger partial charge on any atom is 0.220 e. The summed E-state index contributed by atoms with van der Waals surface area (Å²) in [6, 6.07) is 15.0. The second-order valence-corrected chi connectivity index (χ2v) is 6.74. The predicted molar refractivity (Wildman–Crippen MR) is 87.2 cm³/mol. The van der Waals surface area contributed by atoms with Gasteiger partial charge >= 0.3 is 0 Å². The third kappa shape index (κ3) is 2.94. The van der Waals surface area contributed by atoms with E-state index in [4.69, 9.17) is 0 Å². The highest BCUT2D eigenvalue weighted by Crippen LogP contribution is 2.33. The zero-order valence-electron chi connectivity index (χ0n) is 12.9. The fraction of sp³-hybridized carbons (Fsp3) is 0.421. The number of hydrogen-bond acceptors (Lipinski definition) is 1. The van der Waals surface area contributed by atoms with Crippen molar-refractivity contribution in [1.82, 2.24) is 5.32 Å². The topological polar surface area (TPSA) is 29.1 Å². The van der Waals surface area contributed by atoms with E-state index in [0.29, 0.717) is 12.3 Å². The molecule has 21 heavy (non-hydrogen) atoms. The van der Waals surface area contributed by atoms with Gasteiger partial charge in [0.15, 0.2) is 0 Å². The molecule has 1 aliphatic heterocycles. The number of amides is 1. The van der Waals surface area contributed by atoms with Crippen molar-refractivity contribution in [2.24, 2.45) is 5.92 Å². The molecule has 1 aliphatic rings. The van der Waals surface area contributed by atoms with Crippen LogP contribution < -0.4 is 5.32 Å². The van der Waals surface area contributed by atoms with Gasteiger partial charge < -0.3 is 5.32 Å². The van der Waals surface area contributed by atoms with Crippen molar-refractivity contribution in [2.75, 3.05) is 0 Å². The fourth-order valence-electron chi connectivity index (χ4n) is 3.72. The second kappa shape index (κ2) is 5.51. The summed E-state index contributed by atoms with van der Waals surface area (Å²) in [5.41, 5.74) is 1.28. The Hall–Kier alpha value is -1.83. The molecule has 110 valence electrons. The lowest BCUT2D eigenvalue weighted by molar-refractivity contribution is -0.119. The minimum atomic E-state index is -0.0601. The Morgan fingerprint density at radius 2 is 1.90 bits per heavy atom. The lowest BCUT2D eigenvalue weighted by Crippen LogP contribution is -2.44. The van der Waals surface area contributed by atoms with Gasteiger partial charge in [-0.25, -0.2) is 0 Å². The minimum Gasteiger partial charge on any atom is -0.350 e. The fourth-order valence-corrected chi connectivity index (χ4v) is 3.72. The highest BCUT2D eigenvalue weighted by atomic mass is 16.2. The lowest BCUT2D eigenvalue weighted by Gasteiger charge is -2.31. The Kier molecular flexibility index (Phi) is 3.71. The molecule has 2 aromatic rings. The van der Waals surface area contributed by atoms with E-state index < -0.39 is 0 Å². The molecule has 1 unspecified atom stereocenters. The van der Waals surface area contributed by atoms with Crippen LogP contribution in [-0.4, -0.2) is 11.4 Å². The lowest BCUT2D eigenvalue weighted by atomic mass is 9.81. The Labute approximate surface area is 126 Å². The molecule has 0 bridgehead atoms. The Balaban J connectivity index is 1.96. The van der Waals surface area contributed by atoms with E-state index in [1.165, 1.54) is 16.3 Å². The van der Waals surface area contributed by atoms with Gasteiger partial charge in [0.2, 0.25) is 5.91 Å². The molecule has 0 aromatic heterocycles. The van der Waals surface area contributed by atoms with Crippen LogP contribution in [0.1, 0.15) is 38.7 Å². The summed E-state index contributed by atoms with van der Waals surface area (Å²) in [6.45, 7) is 4.46. The summed E-state index contributed by atoms with van der Waals surface area (Å²) in [5.74, 6) is 0.786. The van der Waals surface area contributed by atoms with Crippen LogP contribution in [0.5, 0.6) is 0 Å². The van der Waals surface area contributed by atoms with Crippen LogP contribution in [0.25, 0.3) is 10.8 Å². The number of fused-ring (bicyclic) bond motifs is 1. The number of benzene rings is 2. The van der Waals surface area contributed by atoms with Gasteiger partial charge in [0.25, 0.3) is 0 Å². The molecule has 1 saturated heterocycles. The molecular formula is C19H23NO. The van der Waals surface area contributed by atoms with Gasteiger partial charge in [0.1, 0.15) is 0 Å². The standard InChI is InChI=1S/C19H23NO/c1-14(2)12-19(11-10-18(21)20-19)13-16-8-5-7-15-6-3-4-9-17(15)16/h3-9,14H,10-13H2,1-2H3,(H,20,21). The molecule has 2 aromatic carbocycles. The molecule has 1 heterocycles. The molecule has 2 nitrogen and oxygen atoms in total. The van der Waals surface area contributed by atoms with Gasteiger partial charge in [-0.1, -0.05) is 56.3 Å². The van der Waals surface area contributed by atoms with E-state index in [9.17, 15) is 4.79 Å². The first kappa shape index (κ1) is 14.1. The number of carbonyl (C=O) groups is 1. The first-order valence-electron chi connectivity index (χ1n) is 7.86. The van der Waals surface area contributed by atoms with Crippen LogP contribution in [-0.2, 0) is 11.2 Å².